The number of aromatic amines is 1. The third-order valence-electron chi connectivity index (χ3n) is 3.45. The van der Waals surface area contributed by atoms with E-state index in [-0.39, 0.29) is 0 Å². The zero-order chi connectivity index (χ0) is 11.4. The molecule has 2 heterocycles. The minimum atomic E-state index is 0.919. The summed E-state index contributed by atoms with van der Waals surface area (Å²) in [6.07, 6.45) is 4.85. The highest BCUT2D eigenvalue weighted by molar-refractivity contribution is 5.16. The standard InChI is InChI=1S/C13H23N3/c1-11-3-5-16(6-4-11)10-12-7-13(9-14-2)15-8-12/h7-8,11,14-15H,3-6,9-10H2,1-2H3. The van der Waals surface area contributed by atoms with Crippen molar-refractivity contribution < 1.29 is 0 Å². The predicted molar refractivity (Wildman–Crippen MR) is 67.2 cm³/mol. The van der Waals surface area contributed by atoms with E-state index in [1.165, 1.54) is 37.2 Å². The maximum Gasteiger partial charge on any atom is 0.0354 e. The van der Waals surface area contributed by atoms with Gasteiger partial charge in [0.05, 0.1) is 0 Å². The second-order valence-electron chi connectivity index (χ2n) is 5.02. The summed E-state index contributed by atoms with van der Waals surface area (Å²) >= 11 is 0. The van der Waals surface area contributed by atoms with Gasteiger partial charge in [-0.15, -0.1) is 0 Å². The van der Waals surface area contributed by atoms with Crippen molar-refractivity contribution in [3.8, 4) is 0 Å². The lowest BCUT2D eigenvalue weighted by molar-refractivity contribution is 0.185. The van der Waals surface area contributed by atoms with Crippen LogP contribution in [0.4, 0.5) is 0 Å². The minimum absolute atomic E-state index is 0.919. The molecule has 90 valence electrons. The maximum atomic E-state index is 3.32. The first kappa shape index (κ1) is 11.7. The van der Waals surface area contributed by atoms with E-state index in [1.807, 2.05) is 7.05 Å². The minimum Gasteiger partial charge on any atom is -0.364 e. The zero-order valence-electron chi connectivity index (χ0n) is 10.4. The molecule has 0 unspecified atom stereocenters. The monoisotopic (exact) mass is 221 g/mol. The van der Waals surface area contributed by atoms with Crippen LogP contribution in [0.2, 0.25) is 0 Å². The van der Waals surface area contributed by atoms with Crippen LogP contribution >= 0.6 is 0 Å². The molecule has 1 aromatic rings. The highest BCUT2D eigenvalue weighted by Gasteiger charge is 2.15. The lowest BCUT2D eigenvalue weighted by atomic mass is 9.99. The molecule has 3 nitrogen and oxygen atoms in total. The van der Waals surface area contributed by atoms with Crippen molar-refractivity contribution in [1.29, 1.82) is 0 Å². The normalized spacial score (nSPS) is 19.1. The number of aromatic nitrogens is 1. The SMILES string of the molecule is CNCc1cc(CN2CCC(C)CC2)c[nH]1. The van der Waals surface area contributed by atoms with Crippen molar-refractivity contribution in [2.45, 2.75) is 32.9 Å². The van der Waals surface area contributed by atoms with Gasteiger partial charge in [0.1, 0.15) is 0 Å². The summed E-state index contributed by atoms with van der Waals surface area (Å²) in [5, 5.41) is 3.16. The Bertz CT molecular complexity index is 311. The Morgan fingerprint density at radius 1 is 1.44 bits per heavy atom. The highest BCUT2D eigenvalue weighted by Crippen LogP contribution is 2.18. The number of rotatable bonds is 4. The number of nitrogens with zero attached hydrogens (tertiary/aromatic N) is 1. The topological polar surface area (TPSA) is 31.1 Å². The van der Waals surface area contributed by atoms with E-state index in [4.69, 9.17) is 0 Å². The highest BCUT2D eigenvalue weighted by atomic mass is 15.1. The number of hydrogen-bond acceptors (Lipinski definition) is 2. The van der Waals surface area contributed by atoms with Gasteiger partial charge in [0, 0.05) is 25.0 Å². The number of piperidine rings is 1. The van der Waals surface area contributed by atoms with Gasteiger partial charge in [-0.25, -0.2) is 0 Å². The molecule has 0 bridgehead atoms. The molecule has 1 aliphatic heterocycles. The predicted octanol–water partition coefficient (Wildman–Crippen LogP) is 1.97. The fourth-order valence-electron chi connectivity index (χ4n) is 2.35. The fourth-order valence-corrected chi connectivity index (χ4v) is 2.35. The molecule has 2 N–H and O–H groups in total. The fraction of sp³-hybridized carbons (Fsp3) is 0.692. The largest absolute Gasteiger partial charge is 0.364 e. The van der Waals surface area contributed by atoms with Crippen LogP contribution in [0.25, 0.3) is 0 Å². The summed E-state index contributed by atoms with van der Waals surface area (Å²) in [5.74, 6) is 0.919. The first-order valence-electron chi connectivity index (χ1n) is 6.31. The van der Waals surface area contributed by atoms with E-state index in [0.29, 0.717) is 0 Å². The molecule has 1 saturated heterocycles. The van der Waals surface area contributed by atoms with Gasteiger partial charge >= 0.3 is 0 Å². The van der Waals surface area contributed by atoms with E-state index in [9.17, 15) is 0 Å². The first-order chi connectivity index (χ1) is 7.78. The Labute approximate surface area is 98.2 Å². The van der Waals surface area contributed by atoms with E-state index in [2.05, 4.69) is 34.4 Å². The molecule has 0 spiro atoms. The Morgan fingerprint density at radius 2 is 2.19 bits per heavy atom. The van der Waals surface area contributed by atoms with E-state index in [1.54, 1.807) is 0 Å². The van der Waals surface area contributed by atoms with Gasteiger partial charge in [-0.2, -0.15) is 0 Å². The number of likely N-dealkylation sites (tertiary alicyclic amines) is 1. The van der Waals surface area contributed by atoms with Crippen LogP contribution in [0.1, 0.15) is 31.0 Å². The molecular weight excluding hydrogens is 198 g/mol. The summed E-state index contributed by atoms with van der Waals surface area (Å²) in [6.45, 7) is 6.91. The third kappa shape index (κ3) is 3.09. The van der Waals surface area contributed by atoms with Crippen LogP contribution in [0.5, 0.6) is 0 Å². The van der Waals surface area contributed by atoms with E-state index < -0.39 is 0 Å². The summed E-state index contributed by atoms with van der Waals surface area (Å²) in [5.41, 5.74) is 2.70. The third-order valence-corrected chi connectivity index (χ3v) is 3.45. The molecule has 0 amide bonds. The number of nitrogens with one attached hydrogen (secondary N) is 2. The molecule has 0 atom stereocenters. The van der Waals surface area contributed by atoms with Gasteiger partial charge in [0.25, 0.3) is 0 Å². The van der Waals surface area contributed by atoms with Crippen molar-refractivity contribution >= 4 is 0 Å². The Morgan fingerprint density at radius 3 is 2.88 bits per heavy atom. The van der Waals surface area contributed by atoms with Crippen molar-refractivity contribution in [1.82, 2.24) is 15.2 Å². The van der Waals surface area contributed by atoms with Gasteiger partial charge < -0.3 is 10.3 Å². The quantitative estimate of drug-likeness (QED) is 0.814. The zero-order valence-corrected chi connectivity index (χ0v) is 10.4. The molecule has 0 saturated carbocycles. The van der Waals surface area contributed by atoms with Crippen LogP contribution in [-0.4, -0.2) is 30.0 Å². The van der Waals surface area contributed by atoms with Crippen molar-refractivity contribution in [2.75, 3.05) is 20.1 Å². The van der Waals surface area contributed by atoms with Crippen molar-refractivity contribution in [3.63, 3.8) is 0 Å². The number of hydrogen-bond donors (Lipinski definition) is 2. The molecule has 0 radical (unpaired) electrons. The summed E-state index contributed by atoms with van der Waals surface area (Å²) < 4.78 is 0. The maximum absolute atomic E-state index is 3.32. The second kappa shape index (κ2) is 5.51. The molecule has 1 aliphatic rings. The Kier molecular flexibility index (Phi) is 4.02. The van der Waals surface area contributed by atoms with Crippen LogP contribution in [0.3, 0.4) is 0 Å². The summed E-state index contributed by atoms with van der Waals surface area (Å²) in [4.78, 5) is 5.88. The van der Waals surface area contributed by atoms with Crippen LogP contribution in [0.15, 0.2) is 12.3 Å². The molecule has 16 heavy (non-hydrogen) atoms. The van der Waals surface area contributed by atoms with Crippen LogP contribution in [-0.2, 0) is 13.1 Å². The van der Waals surface area contributed by atoms with Gasteiger partial charge in [-0.1, -0.05) is 6.92 Å². The van der Waals surface area contributed by atoms with Gasteiger partial charge in [-0.3, -0.25) is 4.90 Å². The van der Waals surface area contributed by atoms with Crippen LogP contribution < -0.4 is 5.32 Å². The van der Waals surface area contributed by atoms with Crippen molar-refractivity contribution in [2.24, 2.45) is 5.92 Å². The first-order valence-corrected chi connectivity index (χ1v) is 6.31. The molecule has 2 rings (SSSR count). The lowest BCUT2D eigenvalue weighted by Gasteiger charge is -2.29. The molecule has 0 aromatic carbocycles. The van der Waals surface area contributed by atoms with Gasteiger partial charge in [0.2, 0.25) is 0 Å². The molecule has 1 fully saturated rings. The lowest BCUT2D eigenvalue weighted by Crippen LogP contribution is -2.32. The average Bonchev–Trinajstić information content (AvgIpc) is 2.70. The number of H-pyrrole nitrogens is 1. The smallest absolute Gasteiger partial charge is 0.0354 e. The Hall–Kier alpha value is -0.800. The van der Waals surface area contributed by atoms with Gasteiger partial charge in [0.15, 0.2) is 0 Å². The van der Waals surface area contributed by atoms with Gasteiger partial charge in [-0.05, 0) is 50.5 Å². The molecule has 0 aliphatic carbocycles. The Balaban J connectivity index is 1.83. The molecule has 3 heteroatoms. The van der Waals surface area contributed by atoms with E-state index >= 15 is 0 Å². The molecule has 1 aromatic heterocycles. The molecular formula is C13H23N3. The van der Waals surface area contributed by atoms with Crippen LogP contribution in [0, 0.1) is 5.92 Å². The summed E-state index contributed by atoms with van der Waals surface area (Å²) in [6, 6.07) is 2.27. The summed E-state index contributed by atoms with van der Waals surface area (Å²) in [7, 11) is 1.98. The average molecular weight is 221 g/mol. The second-order valence-corrected chi connectivity index (χ2v) is 5.02. The van der Waals surface area contributed by atoms with E-state index in [0.717, 1.165) is 19.0 Å². The van der Waals surface area contributed by atoms with Crippen molar-refractivity contribution in [3.05, 3.63) is 23.5 Å².